The molecule has 0 amide bonds. The fraction of sp³-hybridized carbons (Fsp3) is 0. The van der Waals surface area contributed by atoms with Gasteiger partial charge in [0.15, 0.2) is 0 Å². The van der Waals surface area contributed by atoms with Crippen molar-refractivity contribution in [1.29, 1.82) is 0 Å². The van der Waals surface area contributed by atoms with Gasteiger partial charge in [0.05, 0.1) is 0 Å². The lowest BCUT2D eigenvalue weighted by Crippen LogP contribution is -1.93. The number of hydrogen-bond acceptors (Lipinski definition) is 1. The molecule has 1 heteroatoms. The summed E-state index contributed by atoms with van der Waals surface area (Å²) in [6.45, 7) is 0. The van der Waals surface area contributed by atoms with Crippen LogP contribution >= 0.6 is 0 Å². The zero-order chi connectivity index (χ0) is 38.6. The van der Waals surface area contributed by atoms with Crippen molar-refractivity contribution in [2.75, 3.05) is 0 Å². The first-order chi connectivity index (χ1) is 29.3. The van der Waals surface area contributed by atoms with Gasteiger partial charge in [-0.2, -0.15) is 0 Å². The van der Waals surface area contributed by atoms with E-state index in [0.29, 0.717) is 0 Å². The average molecular weight is 747 g/mol. The first-order valence-electron chi connectivity index (χ1n) is 20.4. The van der Waals surface area contributed by atoms with Crippen LogP contribution in [0.5, 0.6) is 0 Å². The zero-order valence-corrected chi connectivity index (χ0v) is 32.0. The van der Waals surface area contributed by atoms with E-state index < -0.39 is 0 Å². The second-order valence-electron chi connectivity index (χ2n) is 15.8. The Morgan fingerprint density at radius 2 is 0.627 bits per heavy atom. The third-order valence-corrected chi connectivity index (χ3v) is 12.8. The smallest absolute Gasteiger partial charge is 0.143 e. The molecule has 0 N–H and O–H groups in total. The van der Waals surface area contributed by atoms with E-state index in [-0.39, 0.29) is 0 Å². The molecule has 1 nitrogen and oxygen atoms in total. The maximum atomic E-state index is 7.02. The highest BCUT2D eigenvalue weighted by Crippen LogP contribution is 2.50. The Morgan fingerprint density at radius 1 is 0.237 bits per heavy atom. The van der Waals surface area contributed by atoms with Gasteiger partial charge < -0.3 is 4.42 Å². The maximum absolute atomic E-state index is 7.02. The second-order valence-corrected chi connectivity index (χ2v) is 15.8. The van der Waals surface area contributed by atoms with E-state index in [2.05, 4.69) is 206 Å². The van der Waals surface area contributed by atoms with E-state index >= 15 is 0 Å². The van der Waals surface area contributed by atoms with Crippen LogP contribution in [0.4, 0.5) is 0 Å². The Labute approximate surface area is 340 Å². The summed E-state index contributed by atoms with van der Waals surface area (Å²) >= 11 is 0. The predicted octanol–water partition coefficient (Wildman–Crippen LogP) is 16.7. The second kappa shape index (κ2) is 12.4. The molecule has 0 unspecified atom stereocenters. The quantitative estimate of drug-likeness (QED) is 0.130. The molecule has 13 rings (SSSR count). The maximum Gasteiger partial charge on any atom is 0.143 e. The molecule has 0 saturated carbocycles. The van der Waals surface area contributed by atoms with Gasteiger partial charge in [-0.25, -0.2) is 0 Å². The Morgan fingerprint density at radius 3 is 1.24 bits per heavy atom. The molecule has 272 valence electrons. The van der Waals surface area contributed by atoms with Crippen molar-refractivity contribution in [3.05, 3.63) is 206 Å². The molecule has 0 atom stereocenters. The normalized spacial score (nSPS) is 12.1. The molecular formula is C58H34O. The monoisotopic (exact) mass is 746 g/mol. The van der Waals surface area contributed by atoms with Crippen LogP contribution in [0.3, 0.4) is 0 Å². The molecular weight excluding hydrogens is 713 g/mol. The third kappa shape index (κ3) is 4.56. The average Bonchev–Trinajstić information content (AvgIpc) is 3.71. The minimum absolute atomic E-state index is 0.907. The lowest BCUT2D eigenvalue weighted by atomic mass is 9.82. The Hall–Kier alpha value is -7.74. The van der Waals surface area contributed by atoms with Gasteiger partial charge in [0.2, 0.25) is 0 Å². The highest BCUT2D eigenvalue weighted by Gasteiger charge is 2.23. The summed E-state index contributed by atoms with van der Waals surface area (Å²) in [6.07, 6.45) is 0. The van der Waals surface area contributed by atoms with Crippen molar-refractivity contribution in [2.45, 2.75) is 0 Å². The highest BCUT2D eigenvalue weighted by atomic mass is 16.3. The predicted molar refractivity (Wildman–Crippen MR) is 253 cm³/mol. The van der Waals surface area contributed by atoms with Crippen molar-refractivity contribution in [3.8, 4) is 33.4 Å². The molecule has 0 bridgehead atoms. The molecule has 1 aromatic heterocycles. The van der Waals surface area contributed by atoms with Crippen LogP contribution in [0.25, 0.3) is 131 Å². The molecule has 0 saturated heterocycles. The summed E-state index contributed by atoms with van der Waals surface area (Å²) in [5.74, 6) is 0. The summed E-state index contributed by atoms with van der Waals surface area (Å²) in [7, 11) is 0. The molecule has 1 heterocycles. The lowest BCUT2D eigenvalue weighted by Gasteiger charge is -2.20. The van der Waals surface area contributed by atoms with Crippen LogP contribution in [0.15, 0.2) is 211 Å². The summed E-state index contributed by atoms with van der Waals surface area (Å²) in [6, 6.07) is 75.7. The van der Waals surface area contributed by atoms with Crippen LogP contribution in [0.1, 0.15) is 0 Å². The molecule has 0 spiro atoms. The van der Waals surface area contributed by atoms with E-state index in [0.717, 1.165) is 16.6 Å². The fourth-order valence-corrected chi connectivity index (χ4v) is 10.4. The van der Waals surface area contributed by atoms with Crippen LogP contribution < -0.4 is 0 Å². The van der Waals surface area contributed by atoms with Crippen molar-refractivity contribution < 1.29 is 4.42 Å². The molecule has 0 aliphatic heterocycles. The number of rotatable bonds is 3. The lowest BCUT2D eigenvalue weighted by molar-refractivity contribution is 0.673. The van der Waals surface area contributed by atoms with Crippen LogP contribution in [-0.4, -0.2) is 0 Å². The highest BCUT2D eigenvalue weighted by molar-refractivity contribution is 6.35. The number of fused-ring (bicyclic) bond motifs is 14. The van der Waals surface area contributed by atoms with E-state index in [4.69, 9.17) is 4.42 Å². The third-order valence-electron chi connectivity index (χ3n) is 12.8. The molecule has 0 fully saturated rings. The molecule has 13 aromatic rings. The Balaban J connectivity index is 1.11. The van der Waals surface area contributed by atoms with Gasteiger partial charge in [0.25, 0.3) is 0 Å². The van der Waals surface area contributed by atoms with E-state index in [1.54, 1.807) is 0 Å². The van der Waals surface area contributed by atoms with E-state index in [1.807, 2.05) is 0 Å². The van der Waals surface area contributed by atoms with Gasteiger partial charge in [0.1, 0.15) is 11.2 Å². The van der Waals surface area contributed by atoms with Crippen molar-refractivity contribution in [3.63, 3.8) is 0 Å². The first kappa shape index (κ1) is 32.4. The van der Waals surface area contributed by atoms with Gasteiger partial charge >= 0.3 is 0 Å². The number of benzene rings is 12. The summed E-state index contributed by atoms with van der Waals surface area (Å²) < 4.78 is 7.02. The SMILES string of the molecule is c1ccc2c(-c3c4ccccc4c(-c4ccc(-c5cc6oc7c8ccccc8c8ccccc8c7c6c6ccccc56)c5ccccc45)c4ccccc34)cccc2c1. The van der Waals surface area contributed by atoms with Crippen molar-refractivity contribution in [2.24, 2.45) is 0 Å². The Bertz CT molecular complexity index is 3840. The van der Waals surface area contributed by atoms with Crippen LogP contribution in [0.2, 0.25) is 0 Å². The van der Waals surface area contributed by atoms with E-state index in [1.165, 1.54) is 114 Å². The van der Waals surface area contributed by atoms with Gasteiger partial charge in [-0.05, 0) is 109 Å². The minimum Gasteiger partial charge on any atom is -0.455 e. The summed E-state index contributed by atoms with van der Waals surface area (Å²) in [5.41, 5.74) is 9.25. The van der Waals surface area contributed by atoms with Crippen LogP contribution in [-0.2, 0) is 0 Å². The molecule has 0 radical (unpaired) electrons. The first-order valence-corrected chi connectivity index (χ1v) is 20.4. The topological polar surface area (TPSA) is 13.1 Å². The fourth-order valence-electron chi connectivity index (χ4n) is 10.4. The summed E-state index contributed by atoms with van der Waals surface area (Å²) in [4.78, 5) is 0. The van der Waals surface area contributed by atoms with Gasteiger partial charge in [-0.1, -0.05) is 200 Å². The Kier molecular flexibility index (Phi) is 6.79. The minimum atomic E-state index is 0.907. The molecule has 0 aliphatic rings. The van der Waals surface area contributed by atoms with Crippen molar-refractivity contribution >= 4 is 97.3 Å². The standard InChI is InChI=1S/C58H34O/c1-2-18-36-35(16-1)17-15-31-43(36)54-46-26-10-12-28-48(46)55(49-29-13-11-27-47(49)54)50-33-32-42(37-19-3-4-20-38(37)50)52-34-53-56(44-24-8-6-23-41(44)52)57-45-25-9-5-21-39(45)40-22-7-14-30-51(40)58(57)59-53/h1-34H. The van der Waals surface area contributed by atoms with E-state index in [9.17, 15) is 0 Å². The number of hydrogen-bond donors (Lipinski definition) is 0. The van der Waals surface area contributed by atoms with Gasteiger partial charge in [-0.3, -0.25) is 0 Å². The molecule has 12 aromatic carbocycles. The van der Waals surface area contributed by atoms with Gasteiger partial charge in [0, 0.05) is 16.2 Å². The largest absolute Gasteiger partial charge is 0.455 e. The molecule has 0 aliphatic carbocycles. The molecule has 59 heavy (non-hydrogen) atoms. The number of furan rings is 1. The zero-order valence-electron chi connectivity index (χ0n) is 32.0. The van der Waals surface area contributed by atoms with Crippen molar-refractivity contribution in [1.82, 2.24) is 0 Å². The summed E-state index contributed by atoms with van der Waals surface area (Å²) in [5, 5.41) is 19.6. The van der Waals surface area contributed by atoms with Gasteiger partial charge in [-0.15, -0.1) is 0 Å². The van der Waals surface area contributed by atoms with Crippen LogP contribution in [0, 0.1) is 0 Å².